The van der Waals surface area contributed by atoms with E-state index in [1.807, 2.05) is 4.90 Å². The van der Waals surface area contributed by atoms with Crippen molar-refractivity contribution in [2.24, 2.45) is 0 Å². The van der Waals surface area contributed by atoms with E-state index in [0.717, 1.165) is 0 Å². The molecule has 0 aliphatic carbocycles. The van der Waals surface area contributed by atoms with E-state index in [1.165, 1.54) is 6.07 Å². The first-order valence-electron chi connectivity index (χ1n) is 7.47. The molecule has 8 nitrogen and oxygen atoms in total. The summed E-state index contributed by atoms with van der Waals surface area (Å²) in [5, 5.41) is 19.7. The number of nitrogens with zero attached hydrogens (tertiary/aromatic N) is 3. The summed E-state index contributed by atoms with van der Waals surface area (Å²) >= 11 is 0. The van der Waals surface area contributed by atoms with Gasteiger partial charge in [0.1, 0.15) is 5.69 Å². The van der Waals surface area contributed by atoms with Gasteiger partial charge in [0.25, 0.3) is 5.69 Å². The van der Waals surface area contributed by atoms with E-state index in [4.69, 9.17) is 5.11 Å². The number of carboxylic acid groups (broad SMARTS) is 1. The minimum Gasteiger partial charge on any atom is -0.481 e. The molecule has 0 radical (unpaired) electrons. The van der Waals surface area contributed by atoms with E-state index < -0.39 is 10.9 Å². The number of hydrogen-bond acceptors (Lipinski definition) is 5. The molecule has 0 spiro atoms. The van der Waals surface area contributed by atoms with Crippen LogP contribution in [0.5, 0.6) is 0 Å². The normalized spacial score (nSPS) is 14.6. The second kappa shape index (κ2) is 7.57. The topological polar surface area (TPSA) is 104 Å². The summed E-state index contributed by atoms with van der Waals surface area (Å²) in [6.07, 6.45) is 0.540. The zero-order chi connectivity index (χ0) is 16.8. The smallest absolute Gasteiger partial charge is 0.303 e. The molecule has 1 aromatic carbocycles. The number of hydrogen-bond donors (Lipinski definition) is 1. The zero-order valence-corrected chi connectivity index (χ0v) is 12.7. The highest BCUT2D eigenvalue weighted by Gasteiger charge is 2.25. The van der Waals surface area contributed by atoms with Crippen LogP contribution in [-0.4, -0.2) is 53.0 Å². The highest BCUT2D eigenvalue weighted by atomic mass is 16.6. The van der Waals surface area contributed by atoms with Gasteiger partial charge in [0, 0.05) is 45.1 Å². The summed E-state index contributed by atoms with van der Waals surface area (Å²) < 4.78 is 0. The Hall–Kier alpha value is -2.64. The van der Waals surface area contributed by atoms with Crippen molar-refractivity contribution < 1.29 is 19.6 Å². The fourth-order valence-corrected chi connectivity index (χ4v) is 2.63. The van der Waals surface area contributed by atoms with Crippen molar-refractivity contribution in [2.45, 2.75) is 19.3 Å². The Balaban J connectivity index is 1.90. The Morgan fingerprint density at radius 2 is 1.78 bits per heavy atom. The summed E-state index contributed by atoms with van der Waals surface area (Å²) in [5.74, 6) is -0.965. The first kappa shape index (κ1) is 16.7. The Morgan fingerprint density at radius 1 is 1.13 bits per heavy atom. The lowest BCUT2D eigenvalue weighted by molar-refractivity contribution is -0.384. The molecule has 0 bridgehead atoms. The molecule has 0 saturated carbocycles. The number of amides is 1. The number of aliphatic carboxylic acids is 1. The van der Waals surface area contributed by atoms with E-state index >= 15 is 0 Å². The van der Waals surface area contributed by atoms with Crippen molar-refractivity contribution in [3.8, 4) is 0 Å². The number of nitro benzene ring substituents is 1. The van der Waals surface area contributed by atoms with Gasteiger partial charge in [-0.05, 0) is 12.5 Å². The molecule has 1 saturated heterocycles. The van der Waals surface area contributed by atoms with Crippen LogP contribution < -0.4 is 4.90 Å². The maximum atomic E-state index is 12.0. The van der Waals surface area contributed by atoms with Crippen LogP contribution in [0.25, 0.3) is 0 Å². The molecule has 0 atom stereocenters. The quantitative estimate of drug-likeness (QED) is 0.629. The Labute approximate surface area is 133 Å². The third-order valence-corrected chi connectivity index (χ3v) is 3.83. The van der Waals surface area contributed by atoms with Crippen molar-refractivity contribution in [1.29, 1.82) is 0 Å². The summed E-state index contributed by atoms with van der Waals surface area (Å²) in [6, 6.07) is 6.57. The number of para-hydroxylation sites is 2. The fraction of sp³-hybridized carbons (Fsp3) is 0.467. The largest absolute Gasteiger partial charge is 0.481 e. The number of carbonyl (C=O) groups excluding carboxylic acids is 1. The molecule has 124 valence electrons. The van der Waals surface area contributed by atoms with Gasteiger partial charge in [-0.3, -0.25) is 19.7 Å². The standard InChI is InChI=1S/C15H19N3O5/c19-14(6-3-7-15(20)21)17-10-8-16(9-11-17)12-4-1-2-5-13(12)18(22)23/h1-2,4-5H,3,6-11H2,(H,20,21). The van der Waals surface area contributed by atoms with Crippen LogP contribution in [0.15, 0.2) is 24.3 Å². The maximum absolute atomic E-state index is 12.0. The molecule has 2 rings (SSSR count). The Morgan fingerprint density at radius 3 is 2.39 bits per heavy atom. The van der Waals surface area contributed by atoms with Crippen LogP contribution >= 0.6 is 0 Å². The second-order valence-corrected chi connectivity index (χ2v) is 5.36. The lowest BCUT2D eigenvalue weighted by Gasteiger charge is -2.35. The molecule has 1 aromatic rings. The van der Waals surface area contributed by atoms with Crippen molar-refractivity contribution in [1.82, 2.24) is 4.90 Å². The molecule has 1 heterocycles. The van der Waals surface area contributed by atoms with E-state index in [0.29, 0.717) is 38.3 Å². The molecular formula is C15H19N3O5. The van der Waals surface area contributed by atoms with Gasteiger partial charge >= 0.3 is 5.97 Å². The van der Waals surface area contributed by atoms with Crippen LogP contribution in [0.4, 0.5) is 11.4 Å². The average Bonchev–Trinajstić information content (AvgIpc) is 2.54. The molecule has 1 aliphatic heterocycles. The molecule has 1 aliphatic rings. The number of carbonyl (C=O) groups is 2. The third-order valence-electron chi connectivity index (χ3n) is 3.83. The van der Waals surface area contributed by atoms with Crippen LogP contribution in [0, 0.1) is 10.1 Å². The lowest BCUT2D eigenvalue weighted by atomic mass is 10.2. The predicted octanol–water partition coefficient (Wildman–Crippen LogP) is 1.50. The first-order valence-corrected chi connectivity index (χ1v) is 7.47. The van der Waals surface area contributed by atoms with E-state index in [9.17, 15) is 19.7 Å². The summed E-state index contributed by atoms with van der Waals surface area (Å²) in [5.41, 5.74) is 0.629. The molecular weight excluding hydrogens is 302 g/mol. The number of rotatable bonds is 6. The van der Waals surface area contributed by atoms with Gasteiger partial charge in [-0.25, -0.2) is 0 Å². The van der Waals surface area contributed by atoms with Gasteiger partial charge in [-0.2, -0.15) is 0 Å². The highest BCUT2D eigenvalue weighted by Crippen LogP contribution is 2.28. The van der Waals surface area contributed by atoms with Gasteiger partial charge in [0.05, 0.1) is 4.92 Å². The highest BCUT2D eigenvalue weighted by molar-refractivity contribution is 5.77. The van der Waals surface area contributed by atoms with E-state index in [2.05, 4.69) is 0 Å². The minimum absolute atomic E-state index is 0.0120. The molecule has 0 unspecified atom stereocenters. The molecule has 1 fully saturated rings. The molecule has 8 heteroatoms. The number of nitro groups is 1. The molecule has 1 amide bonds. The van der Waals surface area contributed by atoms with Gasteiger partial charge in [0.2, 0.25) is 5.91 Å². The summed E-state index contributed by atoms with van der Waals surface area (Å²) in [4.78, 5) is 36.7. The van der Waals surface area contributed by atoms with E-state index in [-0.39, 0.29) is 24.4 Å². The van der Waals surface area contributed by atoms with Crippen LogP contribution in [0.3, 0.4) is 0 Å². The van der Waals surface area contributed by atoms with Crippen LogP contribution in [0.1, 0.15) is 19.3 Å². The van der Waals surface area contributed by atoms with Crippen molar-refractivity contribution in [2.75, 3.05) is 31.1 Å². The monoisotopic (exact) mass is 321 g/mol. The lowest BCUT2D eigenvalue weighted by Crippen LogP contribution is -2.48. The van der Waals surface area contributed by atoms with Gasteiger partial charge in [0.15, 0.2) is 0 Å². The maximum Gasteiger partial charge on any atom is 0.303 e. The Bertz CT molecular complexity index is 597. The first-order chi connectivity index (χ1) is 11.0. The summed E-state index contributed by atoms with van der Waals surface area (Å²) in [6.45, 7) is 2.01. The number of anilines is 1. The third kappa shape index (κ3) is 4.41. The molecule has 1 N–H and O–H groups in total. The fourth-order valence-electron chi connectivity index (χ4n) is 2.63. The molecule has 0 aromatic heterocycles. The number of piperazine rings is 1. The van der Waals surface area contributed by atoms with Crippen LogP contribution in [0.2, 0.25) is 0 Å². The predicted molar refractivity (Wildman–Crippen MR) is 83.4 cm³/mol. The van der Waals surface area contributed by atoms with Gasteiger partial charge < -0.3 is 14.9 Å². The van der Waals surface area contributed by atoms with Crippen molar-refractivity contribution in [3.05, 3.63) is 34.4 Å². The Kier molecular flexibility index (Phi) is 5.51. The zero-order valence-electron chi connectivity index (χ0n) is 12.7. The van der Waals surface area contributed by atoms with Gasteiger partial charge in [-0.15, -0.1) is 0 Å². The van der Waals surface area contributed by atoms with Crippen molar-refractivity contribution in [3.63, 3.8) is 0 Å². The SMILES string of the molecule is O=C(O)CCCC(=O)N1CCN(c2ccccc2[N+](=O)[O-])CC1. The summed E-state index contributed by atoms with van der Waals surface area (Å²) in [7, 11) is 0. The minimum atomic E-state index is -0.904. The van der Waals surface area contributed by atoms with E-state index in [1.54, 1.807) is 23.1 Å². The van der Waals surface area contributed by atoms with Crippen molar-refractivity contribution >= 4 is 23.3 Å². The number of benzene rings is 1. The van der Waals surface area contributed by atoms with Gasteiger partial charge in [-0.1, -0.05) is 12.1 Å². The second-order valence-electron chi connectivity index (χ2n) is 5.36. The molecule has 23 heavy (non-hydrogen) atoms. The van der Waals surface area contributed by atoms with Crippen LogP contribution in [-0.2, 0) is 9.59 Å². The number of carboxylic acids is 1. The average molecular weight is 321 g/mol.